The average molecular weight is 257 g/mol. The lowest BCUT2D eigenvalue weighted by Gasteiger charge is -2.46. The Bertz CT molecular complexity index is 558. The third-order valence-corrected chi connectivity index (χ3v) is 4.56. The Hall–Kier alpha value is -1.37. The highest BCUT2D eigenvalue weighted by molar-refractivity contribution is 5.47. The second-order valence-corrected chi connectivity index (χ2v) is 6.23. The number of fused-ring (bicyclic) bond motifs is 2. The molecule has 1 aromatic carbocycles. The summed E-state index contributed by atoms with van der Waals surface area (Å²) < 4.78 is 12.4. The van der Waals surface area contributed by atoms with Crippen LogP contribution in [0.2, 0.25) is 0 Å². The van der Waals surface area contributed by atoms with E-state index in [1.165, 1.54) is 0 Å². The first-order valence-electron chi connectivity index (χ1n) is 6.83. The molecule has 2 atom stereocenters. The summed E-state index contributed by atoms with van der Waals surface area (Å²) in [6, 6.07) is 8.09. The van der Waals surface area contributed by atoms with E-state index in [2.05, 4.69) is 26.8 Å². The van der Waals surface area contributed by atoms with E-state index in [-0.39, 0.29) is 11.5 Å². The first kappa shape index (κ1) is 12.7. The molecule has 1 aliphatic carbocycles. The second kappa shape index (κ2) is 4.06. The van der Waals surface area contributed by atoms with Gasteiger partial charge in [0.2, 0.25) is 0 Å². The van der Waals surface area contributed by atoms with Gasteiger partial charge in [-0.1, -0.05) is 26.0 Å². The van der Waals surface area contributed by atoms with Crippen LogP contribution in [-0.2, 0) is 21.7 Å². The van der Waals surface area contributed by atoms with Crippen LogP contribution in [0.4, 0.5) is 0 Å². The summed E-state index contributed by atoms with van der Waals surface area (Å²) in [5.74, 6) is -0.628. The van der Waals surface area contributed by atoms with Crippen LogP contribution in [0.25, 0.3) is 0 Å². The van der Waals surface area contributed by atoms with E-state index in [9.17, 15) is 5.26 Å². The van der Waals surface area contributed by atoms with Crippen LogP contribution < -0.4 is 0 Å². The van der Waals surface area contributed by atoms with Gasteiger partial charge in [0.25, 0.3) is 0 Å². The average Bonchev–Trinajstić information content (AvgIpc) is 2.74. The Labute approximate surface area is 114 Å². The molecule has 1 fully saturated rings. The van der Waals surface area contributed by atoms with E-state index >= 15 is 0 Å². The van der Waals surface area contributed by atoms with E-state index in [0.717, 1.165) is 29.5 Å². The van der Waals surface area contributed by atoms with E-state index in [1.807, 2.05) is 18.2 Å². The standard InChI is InChI=1S/C16H19NO2/c1-11-15(2,3)10-18-16(19-11)8-7-13-12(9-17)5-4-6-14(13)16/h4-6,11H,7-8,10H2,1-3H3. The maximum Gasteiger partial charge on any atom is 0.195 e. The molecule has 1 aromatic rings. The fourth-order valence-corrected chi connectivity index (χ4v) is 2.91. The molecule has 1 saturated heterocycles. The maximum absolute atomic E-state index is 9.19. The van der Waals surface area contributed by atoms with Gasteiger partial charge in [-0.2, -0.15) is 5.26 Å². The van der Waals surface area contributed by atoms with Crippen LogP contribution >= 0.6 is 0 Å². The lowest BCUT2D eigenvalue weighted by atomic mass is 9.86. The van der Waals surface area contributed by atoms with Gasteiger partial charge in [0.15, 0.2) is 5.79 Å². The molecule has 0 amide bonds. The van der Waals surface area contributed by atoms with Crippen LogP contribution in [0.5, 0.6) is 0 Å². The quantitative estimate of drug-likeness (QED) is 0.717. The van der Waals surface area contributed by atoms with Gasteiger partial charge in [0.1, 0.15) is 0 Å². The SMILES string of the molecule is CC1OC2(CCc3c(C#N)cccc32)OCC1(C)C. The third-order valence-electron chi connectivity index (χ3n) is 4.56. The van der Waals surface area contributed by atoms with Gasteiger partial charge in [-0.05, 0) is 25.0 Å². The summed E-state index contributed by atoms with van der Waals surface area (Å²) in [7, 11) is 0. The zero-order valence-corrected chi connectivity index (χ0v) is 11.7. The fraction of sp³-hybridized carbons (Fsp3) is 0.562. The summed E-state index contributed by atoms with van der Waals surface area (Å²) in [6.45, 7) is 7.11. The van der Waals surface area contributed by atoms with E-state index in [4.69, 9.17) is 9.47 Å². The topological polar surface area (TPSA) is 42.2 Å². The molecule has 0 aromatic heterocycles. The summed E-state index contributed by atoms with van der Waals surface area (Å²) >= 11 is 0. The Morgan fingerprint density at radius 1 is 1.37 bits per heavy atom. The normalized spacial score (nSPS) is 32.0. The van der Waals surface area contributed by atoms with Gasteiger partial charge >= 0.3 is 0 Å². The van der Waals surface area contributed by atoms with Crippen LogP contribution in [-0.4, -0.2) is 12.7 Å². The number of ether oxygens (including phenoxy) is 2. The molecule has 0 radical (unpaired) electrons. The zero-order chi connectivity index (χ0) is 13.7. The van der Waals surface area contributed by atoms with Gasteiger partial charge in [-0.3, -0.25) is 0 Å². The molecule has 3 nitrogen and oxygen atoms in total. The van der Waals surface area contributed by atoms with Gasteiger partial charge in [0.05, 0.1) is 24.3 Å². The minimum absolute atomic E-state index is 0.0286. The van der Waals surface area contributed by atoms with Crippen LogP contribution in [0.1, 0.15) is 43.9 Å². The molecule has 3 heteroatoms. The highest BCUT2D eigenvalue weighted by Gasteiger charge is 2.49. The van der Waals surface area contributed by atoms with Crippen molar-refractivity contribution in [3.8, 4) is 6.07 Å². The van der Waals surface area contributed by atoms with Crippen molar-refractivity contribution in [2.75, 3.05) is 6.61 Å². The minimum Gasteiger partial charge on any atom is -0.345 e. The second-order valence-electron chi connectivity index (χ2n) is 6.23. The highest BCUT2D eigenvalue weighted by atomic mass is 16.7. The van der Waals surface area contributed by atoms with Gasteiger partial charge in [0, 0.05) is 17.4 Å². The monoisotopic (exact) mass is 257 g/mol. The van der Waals surface area contributed by atoms with Gasteiger partial charge in [-0.25, -0.2) is 0 Å². The van der Waals surface area contributed by atoms with Gasteiger partial charge in [-0.15, -0.1) is 0 Å². The van der Waals surface area contributed by atoms with Crippen molar-refractivity contribution in [2.45, 2.75) is 45.5 Å². The molecule has 2 unspecified atom stereocenters. The lowest BCUT2D eigenvalue weighted by Crippen LogP contribution is -2.49. The summed E-state index contributed by atoms with van der Waals surface area (Å²) in [5.41, 5.74) is 2.92. The number of hydrogen-bond donors (Lipinski definition) is 0. The van der Waals surface area contributed by atoms with Crippen molar-refractivity contribution in [2.24, 2.45) is 5.41 Å². The molecule has 1 aliphatic heterocycles. The Balaban J connectivity index is 2.02. The first-order chi connectivity index (χ1) is 8.98. The summed E-state index contributed by atoms with van der Waals surface area (Å²) in [5, 5.41) is 9.19. The van der Waals surface area contributed by atoms with Gasteiger partial charge < -0.3 is 9.47 Å². The van der Waals surface area contributed by atoms with E-state index in [0.29, 0.717) is 6.61 Å². The number of rotatable bonds is 0. The Morgan fingerprint density at radius 3 is 2.84 bits per heavy atom. The molecule has 3 rings (SSSR count). The van der Waals surface area contributed by atoms with Crippen molar-refractivity contribution in [1.82, 2.24) is 0 Å². The lowest BCUT2D eigenvalue weighted by molar-refractivity contribution is -0.333. The van der Waals surface area contributed by atoms with Crippen LogP contribution in [0.15, 0.2) is 18.2 Å². The van der Waals surface area contributed by atoms with E-state index in [1.54, 1.807) is 0 Å². The molecule has 2 aliphatic rings. The molecular weight excluding hydrogens is 238 g/mol. The van der Waals surface area contributed by atoms with E-state index < -0.39 is 5.79 Å². The fourth-order valence-electron chi connectivity index (χ4n) is 2.91. The molecule has 1 spiro atoms. The number of hydrogen-bond acceptors (Lipinski definition) is 3. The third kappa shape index (κ3) is 1.79. The minimum atomic E-state index is -0.628. The molecule has 19 heavy (non-hydrogen) atoms. The van der Waals surface area contributed by atoms with Crippen molar-refractivity contribution >= 4 is 0 Å². The smallest absolute Gasteiger partial charge is 0.195 e. The number of benzene rings is 1. The zero-order valence-electron chi connectivity index (χ0n) is 11.7. The largest absolute Gasteiger partial charge is 0.345 e. The molecular formula is C16H19NO2. The molecule has 0 bridgehead atoms. The Morgan fingerprint density at radius 2 is 2.16 bits per heavy atom. The number of nitrogens with zero attached hydrogens (tertiary/aromatic N) is 1. The maximum atomic E-state index is 9.19. The Kier molecular flexibility index (Phi) is 2.70. The summed E-state index contributed by atoms with van der Waals surface area (Å²) in [4.78, 5) is 0. The van der Waals surface area contributed by atoms with Crippen molar-refractivity contribution in [3.63, 3.8) is 0 Å². The number of nitriles is 1. The first-order valence-corrected chi connectivity index (χ1v) is 6.83. The molecule has 0 N–H and O–H groups in total. The summed E-state index contributed by atoms with van der Waals surface area (Å²) in [6.07, 6.45) is 1.80. The van der Waals surface area contributed by atoms with Crippen LogP contribution in [0.3, 0.4) is 0 Å². The van der Waals surface area contributed by atoms with Crippen LogP contribution in [0, 0.1) is 16.7 Å². The molecule has 0 saturated carbocycles. The van der Waals surface area contributed by atoms with Crippen molar-refractivity contribution in [3.05, 3.63) is 34.9 Å². The highest BCUT2D eigenvalue weighted by Crippen LogP contribution is 2.48. The molecule has 100 valence electrons. The van der Waals surface area contributed by atoms with Crippen molar-refractivity contribution < 1.29 is 9.47 Å². The predicted molar refractivity (Wildman–Crippen MR) is 71.4 cm³/mol. The van der Waals surface area contributed by atoms with Crippen molar-refractivity contribution in [1.29, 1.82) is 5.26 Å². The molecule has 1 heterocycles. The predicted octanol–water partition coefficient (Wildman–Crippen LogP) is 3.12.